The summed E-state index contributed by atoms with van der Waals surface area (Å²) in [5, 5.41) is 28.9. The first-order chi connectivity index (χ1) is 9.38. The molecule has 0 unspecified atom stereocenters. The summed E-state index contributed by atoms with van der Waals surface area (Å²) in [7, 11) is 0. The van der Waals surface area contributed by atoms with Crippen LogP contribution >= 0.6 is 0 Å². The third-order valence-electron chi connectivity index (χ3n) is 2.82. The standard InChI is InChI=1S/C13H15N3O4/c1-9(2)15(7-6-12(17)18)11-5-3-4-10(8-14)13(11)16(19)20/h3-5,9H,6-7H2,1-2H3,(H,17,18). The van der Waals surface area contributed by atoms with E-state index in [0.717, 1.165) is 0 Å². The number of nitriles is 1. The lowest BCUT2D eigenvalue weighted by Crippen LogP contribution is -2.33. The van der Waals surface area contributed by atoms with E-state index in [9.17, 15) is 14.9 Å². The Morgan fingerprint density at radius 3 is 2.65 bits per heavy atom. The van der Waals surface area contributed by atoms with Gasteiger partial charge in [0, 0.05) is 12.6 Å². The van der Waals surface area contributed by atoms with Crippen LogP contribution in [0, 0.1) is 21.4 Å². The highest BCUT2D eigenvalue weighted by molar-refractivity contribution is 5.72. The number of nitrogens with zero attached hydrogens (tertiary/aromatic N) is 3. The third-order valence-corrected chi connectivity index (χ3v) is 2.82. The molecule has 7 heteroatoms. The lowest BCUT2D eigenvalue weighted by molar-refractivity contribution is -0.384. The van der Waals surface area contributed by atoms with E-state index in [4.69, 9.17) is 10.4 Å². The topological polar surface area (TPSA) is 107 Å². The van der Waals surface area contributed by atoms with Crippen LogP contribution in [-0.2, 0) is 4.79 Å². The normalized spacial score (nSPS) is 10.1. The fourth-order valence-electron chi connectivity index (χ4n) is 1.92. The van der Waals surface area contributed by atoms with Gasteiger partial charge >= 0.3 is 11.7 Å². The minimum absolute atomic E-state index is 0.0338. The van der Waals surface area contributed by atoms with E-state index in [1.54, 1.807) is 17.0 Å². The van der Waals surface area contributed by atoms with Crippen molar-refractivity contribution in [2.45, 2.75) is 26.3 Å². The number of carboxylic acid groups (broad SMARTS) is 1. The Morgan fingerprint density at radius 2 is 2.20 bits per heavy atom. The quantitative estimate of drug-likeness (QED) is 0.630. The van der Waals surface area contributed by atoms with Crippen molar-refractivity contribution in [3.63, 3.8) is 0 Å². The highest BCUT2D eigenvalue weighted by Crippen LogP contribution is 2.32. The first-order valence-corrected chi connectivity index (χ1v) is 6.04. The maximum atomic E-state index is 11.2. The van der Waals surface area contributed by atoms with Crippen LogP contribution in [0.2, 0.25) is 0 Å². The fraction of sp³-hybridized carbons (Fsp3) is 0.385. The second kappa shape index (κ2) is 6.52. The van der Waals surface area contributed by atoms with Gasteiger partial charge in [0.1, 0.15) is 17.3 Å². The van der Waals surface area contributed by atoms with Gasteiger partial charge in [0.05, 0.1) is 11.3 Å². The molecule has 0 heterocycles. The van der Waals surface area contributed by atoms with Crippen LogP contribution in [0.1, 0.15) is 25.8 Å². The molecule has 1 N–H and O–H groups in total. The molecular weight excluding hydrogens is 262 g/mol. The summed E-state index contributed by atoms with van der Waals surface area (Å²) in [5.74, 6) is -0.977. The lowest BCUT2D eigenvalue weighted by atomic mass is 10.1. The second-order valence-corrected chi connectivity index (χ2v) is 4.47. The number of carbonyl (C=O) groups is 1. The molecule has 0 radical (unpaired) electrons. The molecular formula is C13H15N3O4. The molecule has 0 fully saturated rings. The molecule has 1 aromatic rings. The second-order valence-electron chi connectivity index (χ2n) is 4.47. The van der Waals surface area contributed by atoms with Crippen LogP contribution in [-0.4, -0.2) is 28.6 Å². The number of para-hydroxylation sites is 1. The van der Waals surface area contributed by atoms with Gasteiger partial charge in [-0.1, -0.05) is 6.07 Å². The largest absolute Gasteiger partial charge is 0.481 e. The molecule has 0 aliphatic rings. The zero-order chi connectivity index (χ0) is 15.3. The number of anilines is 1. The van der Waals surface area contributed by atoms with Gasteiger partial charge < -0.3 is 10.0 Å². The van der Waals surface area contributed by atoms with E-state index >= 15 is 0 Å². The Labute approximate surface area is 116 Å². The Kier molecular flexibility index (Phi) is 5.03. The molecule has 0 aliphatic heterocycles. The Bertz CT molecular complexity index is 563. The summed E-state index contributed by atoms with van der Waals surface area (Å²) < 4.78 is 0. The summed E-state index contributed by atoms with van der Waals surface area (Å²) in [6.45, 7) is 3.76. The molecule has 0 spiro atoms. The van der Waals surface area contributed by atoms with Crippen LogP contribution in [0.5, 0.6) is 0 Å². The number of nitro benzene ring substituents is 1. The van der Waals surface area contributed by atoms with Gasteiger partial charge in [0.2, 0.25) is 0 Å². The zero-order valence-electron chi connectivity index (χ0n) is 11.2. The first kappa shape index (κ1) is 15.4. The van der Waals surface area contributed by atoms with Gasteiger partial charge in [-0.2, -0.15) is 5.26 Å². The lowest BCUT2D eigenvalue weighted by Gasteiger charge is -2.28. The van der Waals surface area contributed by atoms with Crippen molar-refractivity contribution in [3.05, 3.63) is 33.9 Å². The first-order valence-electron chi connectivity index (χ1n) is 6.04. The molecule has 0 amide bonds. The van der Waals surface area contributed by atoms with Crippen LogP contribution in [0.3, 0.4) is 0 Å². The predicted octanol–water partition coefficient (Wildman–Crippen LogP) is 2.16. The fourth-order valence-corrected chi connectivity index (χ4v) is 1.92. The van der Waals surface area contributed by atoms with Gasteiger partial charge in [-0.25, -0.2) is 0 Å². The third kappa shape index (κ3) is 3.45. The van der Waals surface area contributed by atoms with E-state index in [0.29, 0.717) is 0 Å². The molecule has 0 atom stereocenters. The van der Waals surface area contributed by atoms with Crippen LogP contribution in [0.4, 0.5) is 11.4 Å². The minimum Gasteiger partial charge on any atom is -0.481 e. The van der Waals surface area contributed by atoms with Crippen LogP contribution in [0.25, 0.3) is 0 Å². The molecule has 0 bridgehead atoms. The maximum absolute atomic E-state index is 11.2. The number of nitro groups is 1. The van der Waals surface area contributed by atoms with E-state index in [2.05, 4.69) is 0 Å². The van der Waals surface area contributed by atoms with Gasteiger partial charge in [-0.05, 0) is 26.0 Å². The number of benzene rings is 1. The Hall–Kier alpha value is -2.62. The van der Waals surface area contributed by atoms with E-state index in [-0.39, 0.29) is 35.9 Å². The van der Waals surface area contributed by atoms with Crippen molar-refractivity contribution in [3.8, 4) is 6.07 Å². The molecule has 7 nitrogen and oxygen atoms in total. The van der Waals surface area contributed by atoms with Crippen molar-refractivity contribution in [2.75, 3.05) is 11.4 Å². The number of hydrogen-bond donors (Lipinski definition) is 1. The van der Waals surface area contributed by atoms with Gasteiger partial charge in [-0.15, -0.1) is 0 Å². The molecule has 0 saturated heterocycles. The van der Waals surface area contributed by atoms with Gasteiger partial charge in [-0.3, -0.25) is 14.9 Å². The Balaban J connectivity index is 3.30. The summed E-state index contributed by atoms with van der Waals surface area (Å²) in [4.78, 5) is 22.9. The number of rotatable bonds is 6. The summed E-state index contributed by atoms with van der Waals surface area (Å²) in [6, 6.07) is 6.12. The van der Waals surface area contributed by atoms with Crippen LogP contribution < -0.4 is 4.90 Å². The van der Waals surface area contributed by atoms with Crippen molar-refractivity contribution in [2.24, 2.45) is 0 Å². The molecule has 0 saturated carbocycles. The van der Waals surface area contributed by atoms with Crippen molar-refractivity contribution < 1.29 is 14.8 Å². The van der Waals surface area contributed by atoms with Gasteiger partial charge in [0.25, 0.3) is 0 Å². The van der Waals surface area contributed by atoms with E-state index in [1.807, 2.05) is 13.8 Å². The van der Waals surface area contributed by atoms with Crippen molar-refractivity contribution in [1.82, 2.24) is 0 Å². The molecule has 0 aliphatic carbocycles. The zero-order valence-corrected chi connectivity index (χ0v) is 11.2. The number of aliphatic carboxylic acids is 1. The molecule has 20 heavy (non-hydrogen) atoms. The molecule has 0 aromatic heterocycles. The smallest absolute Gasteiger partial charge is 0.310 e. The SMILES string of the molecule is CC(C)N(CCC(=O)O)c1cccc(C#N)c1[N+](=O)[O-]. The molecule has 1 rings (SSSR count). The van der Waals surface area contributed by atoms with Gasteiger partial charge in [0.15, 0.2) is 0 Å². The summed E-state index contributed by atoms with van der Waals surface area (Å²) in [6.07, 6.45) is -0.133. The summed E-state index contributed by atoms with van der Waals surface area (Å²) >= 11 is 0. The highest BCUT2D eigenvalue weighted by atomic mass is 16.6. The maximum Gasteiger partial charge on any atom is 0.310 e. The van der Waals surface area contributed by atoms with Crippen LogP contribution in [0.15, 0.2) is 18.2 Å². The van der Waals surface area contributed by atoms with E-state index in [1.165, 1.54) is 12.1 Å². The average molecular weight is 277 g/mol. The Morgan fingerprint density at radius 1 is 1.55 bits per heavy atom. The highest BCUT2D eigenvalue weighted by Gasteiger charge is 2.25. The van der Waals surface area contributed by atoms with Crippen molar-refractivity contribution >= 4 is 17.3 Å². The number of hydrogen-bond acceptors (Lipinski definition) is 5. The van der Waals surface area contributed by atoms with Crippen molar-refractivity contribution in [1.29, 1.82) is 5.26 Å². The summed E-state index contributed by atoms with van der Waals surface area (Å²) in [5.41, 5.74) is -0.0483. The monoisotopic (exact) mass is 277 g/mol. The minimum atomic E-state index is -0.977. The van der Waals surface area contributed by atoms with E-state index < -0.39 is 10.9 Å². The predicted molar refractivity (Wildman–Crippen MR) is 72.5 cm³/mol. The number of carboxylic acids is 1. The molecule has 1 aromatic carbocycles. The molecule has 106 valence electrons. The average Bonchev–Trinajstić information content (AvgIpc) is 2.37.